The van der Waals surface area contributed by atoms with Crippen LogP contribution in [-0.2, 0) is 12.8 Å². The number of aryl methyl sites for hydroxylation is 1. The topological polar surface area (TPSA) is 54.9 Å². The number of nitrogens with one attached hydrogen (secondary N) is 2. The molecule has 2 aromatic carbocycles. The van der Waals surface area contributed by atoms with E-state index in [1.54, 1.807) is 14.2 Å². The number of rotatable bonds is 10. The van der Waals surface area contributed by atoms with Gasteiger partial charge in [-0.05, 0) is 49.4 Å². The van der Waals surface area contributed by atoms with Crippen LogP contribution < -0.4 is 20.1 Å². The van der Waals surface area contributed by atoms with E-state index in [-0.39, 0.29) is 24.0 Å². The summed E-state index contributed by atoms with van der Waals surface area (Å²) in [5.41, 5.74) is 2.55. The van der Waals surface area contributed by atoms with E-state index in [1.807, 2.05) is 18.2 Å². The van der Waals surface area contributed by atoms with Crippen LogP contribution in [0, 0.1) is 0 Å². The summed E-state index contributed by atoms with van der Waals surface area (Å²) < 4.78 is 10.6. The summed E-state index contributed by atoms with van der Waals surface area (Å²) in [6.45, 7) is 4.54. The van der Waals surface area contributed by atoms with Gasteiger partial charge in [-0.15, -0.1) is 24.0 Å². The van der Waals surface area contributed by atoms with Gasteiger partial charge >= 0.3 is 0 Å². The van der Waals surface area contributed by atoms with Crippen LogP contribution in [0.5, 0.6) is 11.5 Å². The molecule has 0 fully saturated rings. The molecular weight excluding hydrogens is 465 g/mol. The van der Waals surface area contributed by atoms with Crippen LogP contribution in [0.4, 0.5) is 0 Å². The van der Waals surface area contributed by atoms with Crippen molar-refractivity contribution in [1.29, 1.82) is 0 Å². The number of hydrogen-bond acceptors (Lipinski definition) is 3. The van der Waals surface area contributed by atoms with Crippen molar-refractivity contribution in [3.05, 3.63) is 59.7 Å². The van der Waals surface area contributed by atoms with Crippen LogP contribution in [0.15, 0.2) is 53.5 Å². The van der Waals surface area contributed by atoms with Crippen LogP contribution in [0.25, 0.3) is 0 Å². The number of ether oxygens (including phenoxy) is 2. The van der Waals surface area contributed by atoms with Gasteiger partial charge in [0.2, 0.25) is 0 Å². The molecule has 0 aliphatic carbocycles. The molecule has 0 radical (unpaired) electrons. The maximum absolute atomic E-state index is 5.36. The maximum Gasteiger partial charge on any atom is 0.191 e. The zero-order chi connectivity index (χ0) is 19.3. The summed E-state index contributed by atoms with van der Waals surface area (Å²) in [7, 11) is 3.31. The molecule has 0 aliphatic heterocycles. The molecule has 0 saturated heterocycles. The van der Waals surface area contributed by atoms with E-state index < -0.39 is 0 Å². The number of benzene rings is 2. The summed E-state index contributed by atoms with van der Waals surface area (Å²) in [6, 6.07) is 16.6. The highest BCUT2D eigenvalue weighted by Crippen LogP contribution is 2.27. The molecule has 6 heteroatoms. The predicted octanol–water partition coefficient (Wildman–Crippen LogP) is 4.05. The van der Waals surface area contributed by atoms with Crippen molar-refractivity contribution in [2.75, 3.05) is 33.9 Å². The average molecular weight is 497 g/mol. The fraction of sp³-hybridized carbons (Fsp3) is 0.409. The molecule has 0 atom stereocenters. The first-order valence-corrected chi connectivity index (χ1v) is 9.53. The lowest BCUT2D eigenvalue weighted by atomic mass is 10.1. The molecule has 0 unspecified atom stereocenters. The minimum absolute atomic E-state index is 0. The molecule has 154 valence electrons. The van der Waals surface area contributed by atoms with Gasteiger partial charge in [0.15, 0.2) is 17.5 Å². The van der Waals surface area contributed by atoms with Gasteiger partial charge < -0.3 is 20.1 Å². The molecule has 0 amide bonds. The van der Waals surface area contributed by atoms with Gasteiger partial charge in [0, 0.05) is 19.6 Å². The number of aliphatic imine (C=N–C) groups is 1. The van der Waals surface area contributed by atoms with Gasteiger partial charge in [-0.1, -0.05) is 36.4 Å². The van der Waals surface area contributed by atoms with Crippen LogP contribution in [0.2, 0.25) is 0 Å². The van der Waals surface area contributed by atoms with Crippen molar-refractivity contribution in [3.63, 3.8) is 0 Å². The summed E-state index contributed by atoms with van der Waals surface area (Å²) in [5, 5.41) is 6.70. The lowest BCUT2D eigenvalue weighted by Gasteiger charge is -2.12. The van der Waals surface area contributed by atoms with E-state index in [0.717, 1.165) is 56.4 Å². The Morgan fingerprint density at radius 3 is 2.32 bits per heavy atom. The van der Waals surface area contributed by atoms with Crippen LogP contribution in [0.1, 0.15) is 24.5 Å². The monoisotopic (exact) mass is 497 g/mol. The molecule has 5 nitrogen and oxygen atoms in total. The number of hydrogen-bond donors (Lipinski definition) is 2. The van der Waals surface area contributed by atoms with E-state index in [1.165, 1.54) is 11.1 Å². The van der Waals surface area contributed by atoms with E-state index in [4.69, 9.17) is 9.47 Å². The Morgan fingerprint density at radius 1 is 0.893 bits per heavy atom. The number of halogens is 1. The molecule has 2 N–H and O–H groups in total. The largest absolute Gasteiger partial charge is 0.493 e. The van der Waals surface area contributed by atoms with Crippen molar-refractivity contribution in [3.8, 4) is 11.5 Å². The number of methoxy groups -OCH3 is 2. The number of nitrogens with zero attached hydrogens (tertiary/aromatic N) is 1. The summed E-state index contributed by atoms with van der Waals surface area (Å²) >= 11 is 0. The lowest BCUT2D eigenvalue weighted by molar-refractivity contribution is 0.354. The molecule has 28 heavy (non-hydrogen) atoms. The molecule has 2 aromatic rings. The van der Waals surface area contributed by atoms with E-state index >= 15 is 0 Å². The highest BCUT2D eigenvalue weighted by molar-refractivity contribution is 14.0. The minimum atomic E-state index is 0. The SMILES string of the molecule is CCNC(=NCCCc1ccccc1)NCCc1ccc(OC)c(OC)c1.I. The van der Waals surface area contributed by atoms with Gasteiger partial charge in [0.1, 0.15) is 0 Å². The van der Waals surface area contributed by atoms with Gasteiger partial charge in [-0.2, -0.15) is 0 Å². The standard InChI is InChI=1S/C22H31N3O2.HI/c1-4-23-22(24-15-8-11-18-9-6-5-7-10-18)25-16-14-19-12-13-20(26-2)21(17-19)27-3;/h5-7,9-10,12-13,17H,4,8,11,14-16H2,1-3H3,(H2,23,24,25);1H. The first-order valence-electron chi connectivity index (χ1n) is 9.53. The van der Waals surface area contributed by atoms with Gasteiger partial charge in [-0.3, -0.25) is 4.99 Å². The first kappa shape index (κ1) is 24.1. The quantitative estimate of drug-likeness (QED) is 0.225. The molecule has 0 aromatic heterocycles. The lowest BCUT2D eigenvalue weighted by Crippen LogP contribution is -2.38. The molecule has 0 saturated carbocycles. The van der Waals surface area contributed by atoms with Crippen molar-refractivity contribution in [2.24, 2.45) is 4.99 Å². The van der Waals surface area contributed by atoms with Gasteiger partial charge in [0.05, 0.1) is 14.2 Å². The summed E-state index contributed by atoms with van der Waals surface area (Å²) in [6.07, 6.45) is 2.97. The molecular formula is C22H32IN3O2. The Kier molecular flexibility index (Phi) is 12.1. The molecule has 0 spiro atoms. The second kappa shape index (κ2) is 14.1. The zero-order valence-corrected chi connectivity index (χ0v) is 19.4. The molecule has 0 bridgehead atoms. The Bertz CT molecular complexity index is 708. The third kappa shape index (κ3) is 8.37. The number of guanidine groups is 1. The second-order valence-electron chi connectivity index (χ2n) is 6.22. The highest BCUT2D eigenvalue weighted by Gasteiger charge is 2.05. The van der Waals surface area contributed by atoms with Gasteiger partial charge in [-0.25, -0.2) is 0 Å². The molecule has 2 rings (SSSR count). The fourth-order valence-electron chi connectivity index (χ4n) is 2.82. The normalized spacial score (nSPS) is 10.8. The summed E-state index contributed by atoms with van der Waals surface area (Å²) in [5.74, 6) is 2.38. The Balaban J connectivity index is 0.00000392. The van der Waals surface area contributed by atoms with E-state index in [2.05, 4.69) is 52.9 Å². The minimum Gasteiger partial charge on any atom is -0.493 e. The van der Waals surface area contributed by atoms with Crippen LogP contribution in [-0.4, -0.2) is 39.8 Å². The van der Waals surface area contributed by atoms with Gasteiger partial charge in [0.25, 0.3) is 0 Å². The predicted molar refractivity (Wildman–Crippen MR) is 127 cm³/mol. The third-order valence-corrected chi connectivity index (χ3v) is 4.23. The smallest absolute Gasteiger partial charge is 0.191 e. The van der Waals surface area contributed by atoms with Crippen LogP contribution >= 0.6 is 24.0 Å². The van der Waals surface area contributed by atoms with E-state index in [0.29, 0.717) is 0 Å². The fourth-order valence-corrected chi connectivity index (χ4v) is 2.82. The summed E-state index contributed by atoms with van der Waals surface area (Å²) in [4.78, 5) is 4.67. The average Bonchev–Trinajstić information content (AvgIpc) is 2.71. The second-order valence-corrected chi connectivity index (χ2v) is 6.22. The van der Waals surface area contributed by atoms with Crippen molar-refractivity contribution < 1.29 is 9.47 Å². The van der Waals surface area contributed by atoms with E-state index in [9.17, 15) is 0 Å². The molecule has 0 aliphatic rings. The van der Waals surface area contributed by atoms with Crippen molar-refractivity contribution in [1.82, 2.24) is 10.6 Å². The Labute approximate surface area is 186 Å². The highest BCUT2D eigenvalue weighted by atomic mass is 127. The Morgan fingerprint density at radius 2 is 1.64 bits per heavy atom. The maximum atomic E-state index is 5.36. The van der Waals surface area contributed by atoms with Crippen molar-refractivity contribution in [2.45, 2.75) is 26.2 Å². The molecule has 0 heterocycles. The Hall–Kier alpha value is -1.96. The zero-order valence-electron chi connectivity index (χ0n) is 17.0. The van der Waals surface area contributed by atoms with Crippen molar-refractivity contribution >= 4 is 29.9 Å². The first-order chi connectivity index (χ1) is 13.3. The third-order valence-electron chi connectivity index (χ3n) is 4.23. The van der Waals surface area contributed by atoms with Crippen LogP contribution in [0.3, 0.4) is 0 Å².